The zero-order valence-electron chi connectivity index (χ0n) is 14.3. The van der Waals surface area contributed by atoms with Crippen molar-refractivity contribution in [2.45, 2.75) is 63.8 Å². The van der Waals surface area contributed by atoms with Gasteiger partial charge in [0.2, 0.25) is 0 Å². The van der Waals surface area contributed by atoms with Crippen LogP contribution in [0, 0.1) is 0 Å². The fourth-order valence-electron chi connectivity index (χ4n) is 3.92. The summed E-state index contributed by atoms with van der Waals surface area (Å²) in [5.41, 5.74) is 0.779. The minimum absolute atomic E-state index is 0.144. The Hall–Kier alpha value is -1.58. The maximum atomic E-state index is 13.1. The fourth-order valence-corrected chi connectivity index (χ4v) is 3.92. The van der Waals surface area contributed by atoms with Crippen molar-refractivity contribution in [3.63, 3.8) is 0 Å². The smallest absolute Gasteiger partial charge is 0.257 e. The molecule has 0 N–H and O–H groups in total. The second kappa shape index (κ2) is 7.80. The number of carbonyl (C=O) groups is 1. The third-order valence-corrected chi connectivity index (χ3v) is 5.37. The number of piperidine rings is 1. The van der Waals surface area contributed by atoms with Crippen molar-refractivity contribution in [2.24, 2.45) is 0 Å². The molecule has 2 fully saturated rings. The Labute approximate surface area is 139 Å². The van der Waals surface area contributed by atoms with Gasteiger partial charge in [-0.1, -0.05) is 25.7 Å². The van der Waals surface area contributed by atoms with E-state index in [-0.39, 0.29) is 5.91 Å². The number of aromatic nitrogens is 1. The van der Waals surface area contributed by atoms with Crippen LogP contribution in [-0.2, 0) is 0 Å². The van der Waals surface area contributed by atoms with E-state index in [0.29, 0.717) is 6.04 Å². The molecule has 0 spiro atoms. The van der Waals surface area contributed by atoms with E-state index >= 15 is 0 Å². The molecule has 2 aliphatic rings. The van der Waals surface area contributed by atoms with Gasteiger partial charge in [-0.2, -0.15) is 0 Å². The molecule has 1 amide bonds. The maximum absolute atomic E-state index is 13.1. The summed E-state index contributed by atoms with van der Waals surface area (Å²) in [6.07, 6.45) is 12.9. The van der Waals surface area contributed by atoms with E-state index in [9.17, 15) is 4.79 Å². The lowest BCUT2D eigenvalue weighted by molar-refractivity contribution is 0.0718. The molecule has 1 aromatic rings. The minimum Gasteiger partial charge on any atom is -0.356 e. The van der Waals surface area contributed by atoms with Gasteiger partial charge in [0.15, 0.2) is 0 Å². The Morgan fingerprint density at radius 3 is 2.43 bits per heavy atom. The lowest BCUT2D eigenvalue weighted by Crippen LogP contribution is -2.38. The molecule has 23 heavy (non-hydrogen) atoms. The Morgan fingerprint density at radius 1 is 1.09 bits per heavy atom. The number of nitrogens with zero attached hydrogens (tertiary/aromatic N) is 3. The normalized spacial score (nSPS) is 20.1. The van der Waals surface area contributed by atoms with Gasteiger partial charge < -0.3 is 9.80 Å². The zero-order valence-corrected chi connectivity index (χ0v) is 14.3. The van der Waals surface area contributed by atoms with Crippen LogP contribution in [0.15, 0.2) is 18.3 Å². The van der Waals surface area contributed by atoms with Crippen molar-refractivity contribution < 1.29 is 4.79 Å². The molecule has 2 heterocycles. The monoisotopic (exact) mass is 315 g/mol. The summed E-state index contributed by atoms with van der Waals surface area (Å²) in [6, 6.07) is 4.23. The van der Waals surface area contributed by atoms with Gasteiger partial charge in [-0.25, -0.2) is 4.98 Å². The molecule has 1 aliphatic heterocycles. The summed E-state index contributed by atoms with van der Waals surface area (Å²) in [5.74, 6) is 1.03. The maximum Gasteiger partial charge on any atom is 0.257 e. The van der Waals surface area contributed by atoms with Gasteiger partial charge >= 0.3 is 0 Å². The standard InChI is InChI=1S/C19H29N3O/c1-21(16-10-5-2-3-6-11-16)19(23)17-12-9-13-20-18(17)22-14-7-4-8-15-22/h9,12-13,16H,2-8,10-11,14-15H2,1H3. The minimum atomic E-state index is 0.144. The summed E-state index contributed by atoms with van der Waals surface area (Å²) in [5, 5.41) is 0. The Balaban J connectivity index is 1.78. The summed E-state index contributed by atoms with van der Waals surface area (Å²) in [7, 11) is 1.98. The first kappa shape index (κ1) is 16.3. The first-order chi connectivity index (χ1) is 11.3. The molecule has 4 heteroatoms. The van der Waals surface area contributed by atoms with E-state index in [1.807, 2.05) is 30.3 Å². The van der Waals surface area contributed by atoms with Crippen molar-refractivity contribution >= 4 is 11.7 Å². The molecule has 0 aromatic carbocycles. The Bertz CT molecular complexity index is 517. The Morgan fingerprint density at radius 2 is 1.74 bits per heavy atom. The molecule has 3 rings (SSSR count). The number of pyridine rings is 1. The fraction of sp³-hybridized carbons (Fsp3) is 0.684. The van der Waals surface area contributed by atoms with E-state index in [1.54, 1.807) is 0 Å². The number of rotatable bonds is 3. The van der Waals surface area contributed by atoms with E-state index in [2.05, 4.69) is 9.88 Å². The Kier molecular flexibility index (Phi) is 5.52. The molecule has 1 saturated heterocycles. The lowest BCUT2D eigenvalue weighted by atomic mass is 10.1. The highest BCUT2D eigenvalue weighted by Crippen LogP contribution is 2.26. The second-order valence-electron chi connectivity index (χ2n) is 6.98. The number of hydrogen-bond donors (Lipinski definition) is 0. The van der Waals surface area contributed by atoms with E-state index < -0.39 is 0 Å². The van der Waals surface area contributed by atoms with Crippen LogP contribution in [0.3, 0.4) is 0 Å². The van der Waals surface area contributed by atoms with E-state index in [4.69, 9.17) is 0 Å². The molecular weight excluding hydrogens is 286 g/mol. The first-order valence-corrected chi connectivity index (χ1v) is 9.24. The lowest BCUT2D eigenvalue weighted by Gasteiger charge is -2.32. The number of hydrogen-bond acceptors (Lipinski definition) is 3. The zero-order chi connectivity index (χ0) is 16.1. The number of anilines is 1. The van der Waals surface area contributed by atoms with E-state index in [0.717, 1.165) is 37.3 Å². The molecule has 0 bridgehead atoms. The average Bonchev–Trinajstić information content (AvgIpc) is 2.90. The SMILES string of the molecule is CN(C(=O)c1cccnc1N1CCCCC1)C1CCCCCC1. The molecule has 4 nitrogen and oxygen atoms in total. The van der Waals surface area contributed by atoms with Gasteiger partial charge in [-0.3, -0.25) is 4.79 Å². The predicted octanol–water partition coefficient (Wildman–Crippen LogP) is 3.87. The van der Waals surface area contributed by atoms with Crippen LogP contribution >= 0.6 is 0 Å². The molecule has 1 aliphatic carbocycles. The van der Waals surface area contributed by atoms with Gasteiger partial charge in [-0.05, 0) is 44.2 Å². The van der Waals surface area contributed by atoms with E-state index in [1.165, 1.54) is 44.9 Å². The highest BCUT2D eigenvalue weighted by molar-refractivity contribution is 5.99. The van der Waals surface area contributed by atoms with Crippen molar-refractivity contribution in [1.82, 2.24) is 9.88 Å². The van der Waals surface area contributed by atoms with Gasteiger partial charge in [-0.15, -0.1) is 0 Å². The largest absolute Gasteiger partial charge is 0.356 e. The quantitative estimate of drug-likeness (QED) is 0.795. The number of carbonyl (C=O) groups excluding carboxylic acids is 1. The van der Waals surface area contributed by atoms with Crippen LogP contribution in [-0.4, -0.2) is 42.0 Å². The van der Waals surface area contributed by atoms with Crippen LogP contribution in [0.2, 0.25) is 0 Å². The van der Waals surface area contributed by atoms with Crippen LogP contribution < -0.4 is 4.90 Å². The van der Waals surface area contributed by atoms with Gasteiger partial charge in [0, 0.05) is 32.4 Å². The third kappa shape index (κ3) is 3.85. The molecule has 126 valence electrons. The summed E-state index contributed by atoms with van der Waals surface area (Å²) < 4.78 is 0. The predicted molar refractivity (Wildman–Crippen MR) is 93.9 cm³/mol. The first-order valence-electron chi connectivity index (χ1n) is 9.24. The molecule has 0 unspecified atom stereocenters. The number of amides is 1. The molecule has 1 saturated carbocycles. The van der Waals surface area contributed by atoms with Crippen molar-refractivity contribution in [3.8, 4) is 0 Å². The van der Waals surface area contributed by atoms with Crippen LogP contribution in [0.5, 0.6) is 0 Å². The topological polar surface area (TPSA) is 36.4 Å². The summed E-state index contributed by atoms with van der Waals surface area (Å²) >= 11 is 0. The second-order valence-corrected chi connectivity index (χ2v) is 6.98. The van der Waals surface area contributed by atoms with Crippen molar-refractivity contribution in [2.75, 3.05) is 25.0 Å². The highest BCUT2D eigenvalue weighted by atomic mass is 16.2. The molecule has 0 atom stereocenters. The van der Waals surface area contributed by atoms with Crippen LogP contribution in [0.1, 0.15) is 68.1 Å². The molecule has 1 aromatic heterocycles. The van der Waals surface area contributed by atoms with Crippen molar-refractivity contribution in [3.05, 3.63) is 23.9 Å². The van der Waals surface area contributed by atoms with Gasteiger partial charge in [0.1, 0.15) is 5.82 Å². The van der Waals surface area contributed by atoms with Crippen molar-refractivity contribution in [1.29, 1.82) is 0 Å². The average molecular weight is 315 g/mol. The molecular formula is C19H29N3O. The summed E-state index contributed by atoms with van der Waals surface area (Å²) in [4.78, 5) is 21.9. The summed E-state index contributed by atoms with van der Waals surface area (Å²) in [6.45, 7) is 2.04. The van der Waals surface area contributed by atoms with Gasteiger partial charge in [0.25, 0.3) is 5.91 Å². The van der Waals surface area contributed by atoms with Gasteiger partial charge in [0.05, 0.1) is 5.56 Å². The van der Waals surface area contributed by atoms with Crippen LogP contribution in [0.25, 0.3) is 0 Å². The third-order valence-electron chi connectivity index (χ3n) is 5.37. The highest BCUT2D eigenvalue weighted by Gasteiger charge is 2.26. The van der Waals surface area contributed by atoms with Crippen LogP contribution in [0.4, 0.5) is 5.82 Å². The molecule has 0 radical (unpaired) electrons.